The van der Waals surface area contributed by atoms with Crippen LogP contribution in [0, 0.1) is 13.8 Å². The minimum Gasteiger partial charge on any atom is -0.497 e. The van der Waals surface area contributed by atoms with Crippen molar-refractivity contribution in [2.75, 3.05) is 13.7 Å². The van der Waals surface area contributed by atoms with Crippen LogP contribution in [0.25, 0.3) is 0 Å². The highest BCUT2D eigenvalue weighted by molar-refractivity contribution is 5.76. The molecule has 0 aliphatic rings. The largest absolute Gasteiger partial charge is 0.497 e. The number of rotatable bonds is 8. The maximum atomic E-state index is 12.0. The lowest BCUT2D eigenvalue weighted by atomic mass is 9.96. The summed E-state index contributed by atoms with van der Waals surface area (Å²) in [5, 5.41) is 13.4. The van der Waals surface area contributed by atoms with Gasteiger partial charge in [-0.1, -0.05) is 12.1 Å². The van der Waals surface area contributed by atoms with Crippen LogP contribution in [0.2, 0.25) is 0 Å². The zero-order valence-electron chi connectivity index (χ0n) is 15.4. The van der Waals surface area contributed by atoms with Gasteiger partial charge in [0.1, 0.15) is 22.9 Å². The zero-order valence-corrected chi connectivity index (χ0v) is 15.4. The fourth-order valence-electron chi connectivity index (χ4n) is 2.87. The first-order valence-electron chi connectivity index (χ1n) is 8.51. The van der Waals surface area contributed by atoms with Crippen molar-refractivity contribution in [1.82, 2.24) is 5.32 Å². The molecular formula is C20H27NO4. The Hall–Kier alpha value is -2.27. The second-order valence-corrected chi connectivity index (χ2v) is 6.58. The lowest BCUT2D eigenvalue weighted by Crippen LogP contribution is -2.38. The van der Waals surface area contributed by atoms with Crippen molar-refractivity contribution < 1.29 is 19.1 Å². The maximum Gasteiger partial charge on any atom is 0.220 e. The highest BCUT2D eigenvalue weighted by Crippen LogP contribution is 2.26. The Bertz CT molecular complexity index is 701. The van der Waals surface area contributed by atoms with Gasteiger partial charge in [0.25, 0.3) is 0 Å². The summed E-state index contributed by atoms with van der Waals surface area (Å²) in [6, 6.07) is 9.66. The van der Waals surface area contributed by atoms with Gasteiger partial charge in [-0.25, -0.2) is 0 Å². The number of carbonyl (C=O) groups is 1. The number of methoxy groups -OCH3 is 1. The van der Waals surface area contributed by atoms with Gasteiger partial charge in [0.15, 0.2) is 0 Å². The molecule has 0 saturated carbocycles. The second-order valence-electron chi connectivity index (χ2n) is 6.58. The summed E-state index contributed by atoms with van der Waals surface area (Å²) in [5.74, 6) is 2.19. The first-order chi connectivity index (χ1) is 11.8. The molecule has 0 bridgehead atoms. The Kier molecular flexibility index (Phi) is 6.26. The lowest BCUT2D eigenvalue weighted by molar-refractivity contribution is -0.122. The number of furan rings is 1. The van der Waals surface area contributed by atoms with E-state index in [-0.39, 0.29) is 12.5 Å². The zero-order chi connectivity index (χ0) is 18.4. The summed E-state index contributed by atoms with van der Waals surface area (Å²) in [4.78, 5) is 12.0. The molecule has 2 rings (SSSR count). The highest BCUT2D eigenvalue weighted by Gasteiger charge is 2.28. The van der Waals surface area contributed by atoms with Crippen molar-refractivity contribution in [2.45, 2.75) is 45.6 Å². The van der Waals surface area contributed by atoms with E-state index in [1.807, 2.05) is 44.2 Å². The van der Waals surface area contributed by atoms with Crippen molar-refractivity contribution in [3.05, 3.63) is 53.0 Å². The van der Waals surface area contributed by atoms with Gasteiger partial charge in [0.2, 0.25) is 5.91 Å². The number of carbonyl (C=O) groups excluding carboxylic acids is 1. The van der Waals surface area contributed by atoms with Gasteiger partial charge in [-0.15, -0.1) is 0 Å². The Labute approximate surface area is 149 Å². The molecule has 0 fully saturated rings. The Morgan fingerprint density at radius 2 is 1.96 bits per heavy atom. The van der Waals surface area contributed by atoms with Gasteiger partial charge >= 0.3 is 0 Å². The molecule has 0 aliphatic heterocycles. The number of amides is 1. The predicted molar refractivity (Wildman–Crippen MR) is 96.7 cm³/mol. The van der Waals surface area contributed by atoms with E-state index < -0.39 is 5.60 Å². The summed E-state index contributed by atoms with van der Waals surface area (Å²) in [5.41, 5.74) is 0.738. The van der Waals surface area contributed by atoms with Crippen LogP contribution in [0.15, 0.2) is 34.7 Å². The molecule has 1 amide bonds. The molecule has 1 unspecified atom stereocenters. The smallest absolute Gasteiger partial charge is 0.220 e. The molecule has 5 heteroatoms. The van der Waals surface area contributed by atoms with Gasteiger partial charge in [0.05, 0.1) is 13.7 Å². The predicted octanol–water partition coefficient (Wildman–Crippen LogP) is 3.25. The van der Waals surface area contributed by atoms with Gasteiger partial charge in [0, 0.05) is 12.0 Å². The van der Waals surface area contributed by atoms with Crippen molar-refractivity contribution >= 4 is 5.91 Å². The van der Waals surface area contributed by atoms with E-state index >= 15 is 0 Å². The molecule has 0 saturated heterocycles. The topological polar surface area (TPSA) is 71.7 Å². The number of benzene rings is 1. The molecular weight excluding hydrogens is 318 g/mol. The molecule has 2 aromatic rings. The van der Waals surface area contributed by atoms with Crippen molar-refractivity contribution in [3.8, 4) is 5.75 Å². The molecule has 0 aliphatic carbocycles. The number of nitrogens with one attached hydrogen (secondary N) is 1. The summed E-state index contributed by atoms with van der Waals surface area (Å²) in [6.45, 7) is 5.49. The third-order valence-corrected chi connectivity index (χ3v) is 4.28. The molecule has 5 nitrogen and oxygen atoms in total. The van der Waals surface area contributed by atoms with Gasteiger partial charge in [-0.3, -0.25) is 4.79 Å². The number of aliphatic hydroxyl groups is 1. The molecule has 1 atom stereocenters. The maximum absolute atomic E-state index is 12.0. The van der Waals surface area contributed by atoms with E-state index in [0.717, 1.165) is 24.4 Å². The summed E-state index contributed by atoms with van der Waals surface area (Å²) in [7, 11) is 1.64. The highest BCUT2D eigenvalue weighted by atomic mass is 16.5. The molecule has 2 N–H and O–H groups in total. The van der Waals surface area contributed by atoms with Crippen LogP contribution in [0.1, 0.15) is 42.4 Å². The average Bonchev–Trinajstić information content (AvgIpc) is 2.93. The minimum atomic E-state index is -1.15. The Morgan fingerprint density at radius 1 is 1.28 bits per heavy atom. The Morgan fingerprint density at radius 3 is 2.52 bits per heavy atom. The molecule has 136 valence electrons. The fourth-order valence-corrected chi connectivity index (χ4v) is 2.87. The number of hydrogen-bond donors (Lipinski definition) is 2. The van der Waals surface area contributed by atoms with Gasteiger partial charge < -0.3 is 19.6 Å². The second kappa shape index (κ2) is 8.21. The van der Waals surface area contributed by atoms with E-state index in [9.17, 15) is 9.90 Å². The minimum absolute atomic E-state index is 0.0633. The monoisotopic (exact) mass is 345 g/mol. The third kappa shape index (κ3) is 5.36. The molecule has 25 heavy (non-hydrogen) atoms. The summed E-state index contributed by atoms with van der Waals surface area (Å²) >= 11 is 0. The molecule has 1 aromatic heterocycles. The molecule has 0 radical (unpaired) electrons. The first kappa shape index (κ1) is 19.1. The van der Waals surface area contributed by atoms with E-state index in [1.54, 1.807) is 14.0 Å². The molecule has 0 spiro atoms. The van der Waals surface area contributed by atoms with Crippen LogP contribution in [0.4, 0.5) is 0 Å². The van der Waals surface area contributed by atoms with Crippen molar-refractivity contribution in [1.29, 1.82) is 0 Å². The lowest BCUT2D eigenvalue weighted by Gasteiger charge is -2.23. The normalized spacial score (nSPS) is 13.3. The van der Waals surface area contributed by atoms with Crippen LogP contribution in [-0.4, -0.2) is 24.7 Å². The van der Waals surface area contributed by atoms with E-state index in [1.165, 1.54) is 5.56 Å². The van der Waals surface area contributed by atoms with Crippen LogP contribution >= 0.6 is 0 Å². The van der Waals surface area contributed by atoms with Crippen LogP contribution in [-0.2, 0) is 16.8 Å². The van der Waals surface area contributed by atoms with Crippen molar-refractivity contribution in [2.24, 2.45) is 0 Å². The summed E-state index contributed by atoms with van der Waals surface area (Å²) < 4.78 is 10.6. The summed E-state index contributed by atoms with van der Waals surface area (Å²) in [6.07, 6.45) is 2.00. The van der Waals surface area contributed by atoms with Gasteiger partial charge in [-0.2, -0.15) is 0 Å². The first-order valence-corrected chi connectivity index (χ1v) is 8.51. The third-order valence-electron chi connectivity index (χ3n) is 4.28. The number of ether oxygens (including phenoxy) is 1. The quantitative estimate of drug-likeness (QED) is 0.770. The van der Waals surface area contributed by atoms with Gasteiger partial charge in [-0.05, 0) is 57.4 Å². The number of hydrogen-bond acceptors (Lipinski definition) is 4. The van der Waals surface area contributed by atoms with E-state index in [4.69, 9.17) is 9.15 Å². The SMILES string of the molecule is COc1ccc(CCCC(=O)NCC(C)(O)c2cc(C)oc2C)cc1. The van der Waals surface area contributed by atoms with Crippen LogP contribution < -0.4 is 10.1 Å². The number of aryl methyl sites for hydroxylation is 3. The fraction of sp³-hybridized carbons (Fsp3) is 0.450. The molecule has 1 heterocycles. The van der Waals surface area contributed by atoms with E-state index in [2.05, 4.69) is 5.32 Å². The molecule has 1 aromatic carbocycles. The van der Waals surface area contributed by atoms with E-state index in [0.29, 0.717) is 17.7 Å². The van der Waals surface area contributed by atoms with Crippen LogP contribution in [0.5, 0.6) is 5.75 Å². The Balaban J connectivity index is 1.77. The van der Waals surface area contributed by atoms with Crippen molar-refractivity contribution in [3.63, 3.8) is 0 Å². The average molecular weight is 345 g/mol. The van der Waals surface area contributed by atoms with Crippen LogP contribution in [0.3, 0.4) is 0 Å². The standard InChI is InChI=1S/C20H27NO4/c1-14-12-18(15(2)25-14)20(3,23)13-21-19(22)7-5-6-16-8-10-17(24-4)11-9-16/h8-12,23H,5-7,13H2,1-4H3,(H,21,22).